The zero-order valence-corrected chi connectivity index (χ0v) is 21.9. The summed E-state index contributed by atoms with van der Waals surface area (Å²) in [6.07, 6.45) is 2.10. The van der Waals surface area contributed by atoms with E-state index in [9.17, 15) is 4.79 Å². The summed E-state index contributed by atoms with van der Waals surface area (Å²) in [4.78, 5) is 12.2. The molecule has 10 heteroatoms. The largest absolute Gasteiger partial charge is 0.339 e. The summed E-state index contributed by atoms with van der Waals surface area (Å²) < 4.78 is -1.79. The van der Waals surface area contributed by atoms with Gasteiger partial charge in [-0.15, -0.1) is 0 Å². The van der Waals surface area contributed by atoms with Gasteiger partial charge in [-0.05, 0) is 67.9 Å². The zero-order valence-electron chi connectivity index (χ0n) is 18.8. The lowest BCUT2D eigenvalue weighted by atomic mass is 10.2. The number of alkyl halides is 3. The molecule has 0 saturated carbocycles. The van der Waals surface area contributed by atoms with Crippen LogP contribution in [0.15, 0.2) is 52.7 Å². The van der Waals surface area contributed by atoms with Crippen molar-refractivity contribution in [2.45, 2.75) is 56.4 Å². The number of unbranched alkanes of at least 4 members (excludes halogenated alkanes) is 2. The van der Waals surface area contributed by atoms with Crippen molar-refractivity contribution in [3.8, 4) is 0 Å². The molecule has 1 atom stereocenters. The van der Waals surface area contributed by atoms with Gasteiger partial charge in [-0.1, -0.05) is 72.8 Å². The van der Waals surface area contributed by atoms with Gasteiger partial charge in [-0.2, -0.15) is 10.2 Å². The van der Waals surface area contributed by atoms with Gasteiger partial charge < -0.3 is 16.0 Å². The van der Waals surface area contributed by atoms with E-state index in [1.54, 1.807) is 0 Å². The number of halogens is 3. The van der Waals surface area contributed by atoms with E-state index in [0.717, 1.165) is 41.8 Å². The van der Waals surface area contributed by atoms with Crippen molar-refractivity contribution in [1.29, 1.82) is 0 Å². The number of hydrogen-bond acceptors (Lipinski definition) is 4. The fraction of sp³-hybridized carbons (Fsp3) is 0.391. The maximum atomic E-state index is 12.2. The van der Waals surface area contributed by atoms with Gasteiger partial charge in [0.25, 0.3) is 0 Å². The highest BCUT2D eigenvalue weighted by molar-refractivity contribution is 7.80. The zero-order chi connectivity index (χ0) is 24.4. The maximum absolute atomic E-state index is 12.2. The summed E-state index contributed by atoms with van der Waals surface area (Å²) in [5.74, 6) is -0.213. The van der Waals surface area contributed by atoms with Crippen molar-refractivity contribution >= 4 is 75.1 Å². The number of amides is 1. The number of azo groups is 1. The fourth-order valence-corrected chi connectivity index (χ4v) is 3.45. The lowest BCUT2D eigenvalue weighted by molar-refractivity contribution is -0.122. The molecule has 0 aliphatic carbocycles. The number of rotatable bonds is 9. The third-order valence-corrected chi connectivity index (χ3v) is 5.64. The molecule has 178 valence electrons. The van der Waals surface area contributed by atoms with E-state index < -0.39 is 9.96 Å². The number of hydrogen-bond donors (Lipinski definition) is 3. The highest BCUT2D eigenvalue weighted by Crippen LogP contribution is 2.30. The molecule has 0 aromatic heterocycles. The first-order valence-electron chi connectivity index (χ1n) is 10.6. The second-order valence-corrected chi connectivity index (χ2v) is 10.4. The minimum atomic E-state index is -1.79. The number of benzene rings is 2. The number of carbonyl (C=O) groups excluding carboxylic acids is 1. The van der Waals surface area contributed by atoms with Gasteiger partial charge in [0.05, 0.1) is 11.4 Å². The molecule has 0 radical (unpaired) electrons. The Hall–Kier alpha value is -1.93. The van der Waals surface area contributed by atoms with Crippen molar-refractivity contribution in [3.63, 3.8) is 0 Å². The van der Waals surface area contributed by atoms with Crippen LogP contribution >= 0.6 is 47.0 Å². The lowest BCUT2D eigenvalue weighted by Crippen LogP contribution is -2.56. The summed E-state index contributed by atoms with van der Waals surface area (Å²) >= 11 is 23.5. The summed E-state index contributed by atoms with van der Waals surface area (Å²) in [5.41, 5.74) is 4.22. The van der Waals surface area contributed by atoms with Gasteiger partial charge in [0.2, 0.25) is 9.70 Å². The molecule has 0 aliphatic heterocycles. The number of thiocarbonyl (C=S) groups is 1. The molecule has 2 aromatic rings. The Balaban J connectivity index is 2.01. The number of carbonyl (C=O) groups is 1. The average molecular weight is 529 g/mol. The van der Waals surface area contributed by atoms with Crippen molar-refractivity contribution in [2.24, 2.45) is 10.2 Å². The summed E-state index contributed by atoms with van der Waals surface area (Å²) in [7, 11) is 0. The third kappa shape index (κ3) is 9.45. The molecule has 2 rings (SSSR count). The summed E-state index contributed by atoms with van der Waals surface area (Å²) in [5, 5.41) is 17.5. The highest BCUT2D eigenvalue weighted by atomic mass is 35.6. The molecule has 33 heavy (non-hydrogen) atoms. The Morgan fingerprint density at radius 3 is 2.39 bits per heavy atom. The predicted octanol–water partition coefficient (Wildman–Crippen LogP) is 7.40. The van der Waals surface area contributed by atoms with Crippen LogP contribution in [-0.2, 0) is 4.79 Å². The van der Waals surface area contributed by atoms with Crippen LogP contribution in [0, 0.1) is 13.8 Å². The van der Waals surface area contributed by atoms with Gasteiger partial charge in [-0.25, -0.2) is 0 Å². The smallest absolute Gasteiger partial charge is 0.228 e. The first-order chi connectivity index (χ1) is 15.6. The molecule has 0 aliphatic rings. The van der Waals surface area contributed by atoms with Gasteiger partial charge in [0.15, 0.2) is 5.11 Å². The van der Waals surface area contributed by atoms with Crippen LogP contribution in [0.5, 0.6) is 0 Å². The van der Waals surface area contributed by atoms with E-state index >= 15 is 0 Å². The van der Waals surface area contributed by atoms with Crippen molar-refractivity contribution in [3.05, 3.63) is 53.6 Å². The Morgan fingerprint density at radius 2 is 1.76 bits per heavy atom. The van der Waals surface area contributed by atoms with E-state index in [4.69, 9.17) is 47.0 Å². The molecule has 3 N–H and O–H groups in total. The van der Waals surface area contributed by atoms with E-state index in [2.05, 4.69) is 33.1 Å². The van der Waals surface area contributed by atoms with Crippen LogP contribution in [0.2, 0.25) is 0 Å². The fourth-order valence-electron chi connectivity index (χ4n) is 2.90. The molecule has 0 bridgehead atoms. The summed E-state index contributed by atoms with van der Waals surface area (Å²) in [6, 6.07) is 13.3. The monoisotopic (exact) mass is 527 g/mol. The van der Waals surface area contributed by atoms with Crippen molar-refractivity contribution < 1.29 is 4.79 Å². The minimum Gasteiger partial charge on any atom is -0.339 e. The second-order valence-electron chi connectivity index (χ2n) is 7.58. The molecule has 0 fully saturated rings. The summed E-state index contributed by atoms with van der Waals surface area (Å²) in [6.45, 7) is 5.97. The quantitative estimate of drug-likeness (QED) is 0.104. The van der Waals surface area contributed by atoms with E-state index in [1.807, 2.05) is 56.3 Å². The van der Waals surface area contributed by atoms with Crippen LogP contribution in [0.1, 0.15) is 43.7 Å². The van der Waals surface area contributed by atoms with Crippen molar-refractivity contribution in [2.75, 3.05) is 5.32 Å². The molecule has 0 unspecified atom stereocenters. The van der Waals surface area contributed by atoms with E-state index in [1.165, 1.54) is 0 Å². The Bertz CT molecular complexity index is 994. The number of anilines is 1. The topological polar surface area (TPSA) is 77.9 Å². The number of aryl methyl sites for hydroxylation is 2. The first kappa shape index (κ1) is 27.3. The Labute approximate surface area is 215 Å². The van der Waals surface area contributed by atoms with E-state index in [0.29, 0.717) is 12.1 Å². The molecule has 0 spiro atoms. The van der Waals surface area contributed by atoms with Gasteiger partial charge in [0, 0.05) is 12.1 Å². The van der Waals surface area contributed by atoms with Crippen molar-refractivity contribution in [1.82, 2.24) is 10.6 Å². The minimum absolute atomic E-state index is 0.206. The first-order valence-corrected chi connectivity index (χ1v) is 12.2. The van der Waals surface area contributed by atoms with Gasteiger partial charge >= 0.3 is 0 Å². The second kappa shape index (κ2) is 13.1. The number of nitrogens with one attached hydrogen (secondary N) is 3. The molecule has 2 aromatic carbocycles. The molecule has 1 amide bonds. The Morgan fingerprint density at radius 1 is 1.03 bits per heavy atom. The van der Waals surface area contributed by atoms with Gasteiger partial charge in [-0.3, -0.25) is 4.79 Å². The predicted molar refractivity (Wildman–Crippen MR) is 142 cm³/mol. The molecule has 0 saturated heterocycles. The normalized spacial score (nSPS) is 12.4. The molecular formula is C23H28Cl3N5OS. The Kier molecular flexibility index (Phi) is 10.8. The van der Waals surface area contributed by atoms with Crippen LogP contribution in [0.25, 0.3) is 0 Å². The average Bonchev–Trinajstić information content (AvgIpc) is 2.74. The standard InChI is InChI=1S/C23H28Cl3N5OS/c1-4-5-6-11-20(32)28-21(23(24,25)26)29-22(33)27-18-13-12-17(14-16(18)3)30-31-19-10-8-7-9-15(19)2/h7-10,12-14,21H,4-6,11H2,1-3H3,(H,28,32)(H2,27,29,33)/t21-/m1/s1. The van der Waals surface area contributed by atoms with Crippen LogP contribution in [0.4, 0.5) is 17.1 Å². The van der Waals surface area contributed by atoms with Crippen LogP contribution in [-0.4, -0.2) is 21.0 Å². The highest BCUT2D eigenvalue weighted by Gasteiger charge is 2.34. The molecule has 0 heterocycles. The maximum Gasteiger partial charge on any atom is 0.228 e. The SMILES string of the molecule is CCCCCC(=O)N[C@H](NC(=S)Nc1ccc(N=Nc2ccccc2C)cc1C)C(Cl)(Cl)Cl. The van der Waals surface area contributed by atoms with Gasteiger partial charge in [0.1, 0.15) is 6.17 Å². The van der Waals surface area contributed by atoms with Crippen LogP contribution < -0.4 is 16.0 Å². The third-order valence-electron chi connectivity index (χ3n) is 4.76. The molecule has 6 nitrogen and oxygen atoms in total. The van der Waals surface area contributed by atoms with Crippen LogP contribution in [0.3, 0.4) is 0 Å². The lowest BCUT2D eigenvalue weighted by Gasteiger charge is -2.28. The number of nitrogens with zero attached hydrogens (tertiary/aromatic N) is 2. The van der Waals surface area contributed by atoms with E-state index in [-0.39, 0.29) is 11.0 Å². The molecular weight excluding hydrogens is 501 g/mol.